The molecule has 20 heavy (non-hydrogen) atoms. The number of carbonyl (C=O) groups excluding carboxylic acids is 1. The lowest BCUT2D eigenvalue weighted by molar-refractivity contribution is 0.0945. The van der Waals surface area contributed by atoms with Gasteiger partial charge in [-0.3, -0.25) is 4.79 Å². The van der Waals surface area contributed by atoms with E-state index in [4.69, 9.17) is 10.9 Å². The van der Waals surface area contributed by atoms with Crippen molar-refractivity contribution in [2.75, 3.05) is 0 Å². The Labute approximate surface area is 117 Å². The summed E-state index contributed by atoms with van der Waals surface area (Å²) in [7, 11) is 0. The van der Waals surface area contributed by atoms with E-state index in [1.807, 2.05) is 43.3 Å². The number of nitrogens with zero attached hydrogens (tertiary/aromatic N) is 1. The van der Waals surface area contributed by atoms with Crippen molar-refractivity contribution in [3.63, 3.8) is 0 Å². The first-order valence-electron chi connectivity index (χ1n) is 6.42. The second kappa shape index (κ2) is 6.06. The van der Waals surface area contributed by atoms with E-state index in [1.165, 1.54) is 0 Å². The number of nitrogens with one attached hydrogen (secondary N) is 1. The van der Waals surface area contributed by atoms with Crippen molar-refractivity contribution in [1.82, 2.24) is 5.32 Å². The van der Waals surface area contributed by atoms with Crippen molar-refractivity contribution in [3.05, 3.63) is 48.0 Å². The Morgan fingerprint density at radius 1 is 1.30 bits per heavy atom. The molecule has 104 valence electrons. The third-order valence-electron chi connectivity index (χ3n) is 3.20. The molecule has 4 N–H and O–H groups in total. The Bertz CT molecular complexity index is 652. The maximum atomic E-state index is 12.2. The first-order valence-corrected chi connectivity index (χ1v) is 6.42. The van der Waals surface area contributed by atoms with Crippen LogP contribution in [-0.4, -0.2) is 23.0 Å². The standard InChI is InChI=1S/C15H17N3O2/c1-2-13(14(16)18-20)17-15(19)12-8-7-10-5-3-4-6-11(10)9-12/h3-9,13,20H,2H2,1H3,(H2,16,18)(H,17,19). The molecule has 0 radical (unpaired) electrons. The number of fused-ring (bicyclic) bond motifs is 1. The lowest BCUT2D eigenvalue weighted by Crippen LogP contribution is -2.44. The first kappa shape index (κ1) is 13.9. The number of oxime groups is 1. The summed E-state index contributed by atoms with van der Waals surface area (Å²) in [6, 6.07) is 12.8. The largest absolute Gasteiger partial charge is 0.409 e. The van der Waals surface area contributed by atoms with E-state index in [0.29, 0.717) is 12.0 Å². The van der Waals surface area contributed by atoms with Crippen LogP contribution in [0.25, 0.3) is 10.8 Å². The molecule has 0 bridgehead atoms. The lowest BCUT2D eigenvalue weighted by atomic mass is 10.1. The molecule has 0 aliphatic carbocycles. The molecule has 5 nitrogen and oxygen atoms in total. The zero-order chi connectivity index (χ0) is 14.5. The summed E-state index contributed by atoms with van der Waals surface area (Å²) in [4.78, 5) is 12.2. The maximum Gasteiger partial charge on any atom is 0.251 e. The van der Waals surface area contributed by atoms with Crippen LogP contribution in [0.4, 0.5) is 0 Å². The van der Waals surface area contributed by atoms with Crippen LogP contribution >= 0.6 is 0 Å². The Morgan fingerprint density at radius 2 is 2.00 bits per heavy atom. The Hall–Kier alpha value is -2.56. The van der Waals surface area contributed by atoms with Gasteiger partial charge in [-0.1, -0.05) is 42.4 Å². The highest BCUT2D eigenvalue weighted by Gasteiger charge is 2.16. The Morgan fingerprint density at radius 3 is 2.65 bits per heavy atom. The number of hydrogen-bond donors (Lipinski definition) is 3. The molecule has 2 rings (SSSR count). The second-order valence-corrected chi connectivity index (χ2v) is 4.52. The van der Waals surface area contributed by atoms with Gasteiger partial charge in [-0.05, 0) is 29.3 Å². The van der Waals surface area contributed by atoms with E-state index in [0.717, 1.165) is 10.8 Å². The van der Waals surface area contributed by atoms with Crippen LogP contribution in [-0.2, 0) is 0 Å². The zero-order valence-electron chi connectivity index (χ0n) is 11.2. The summed E-state index contributed by atoms with van der Waals surface area (Å²) < 4.78 is 0. The quantitative estimate of drug-likeness (QED) is 0.344. The maximum absolute atomic E-state index is 12.2. The molecule has 0 spiro atoms. The van der Waals surface area contributed by atoms with E-state index >= 15 is 0 Å². The second-order valence-electron chi connectivity index (χ2n) is 4.52. The van der Waals surface area contributed by atoms with Crippen LogP contribution in [0.1, 0.15) is 23.7 Å². The molecule has 0 aliphatic rings. The molecule has 1 amide bonds. The van der Waals surface area contributed by atoms with Crippen molar-refractivity contribution in [3.8, 4) is 0 Å². The molecule has 2 aromatic rings. The van der Waals surface area contributed by atoms with E-state index in [9.17, 15) is 4.79 Å². The Balaban J connectivity index is 2.22. The highest BCUT2D eigenvalue weighted by molar-refractivity contribution is 6.01. The van der Waals surface area contributed by atoms with Crippen LogP contribution in [0.2, 0.25) is 0 Å². The zero-order valence-corrected chi connectivity index (χ0v) is 11.2. The van der Waals surface area contributed by atoms with Crippen molar-refractivity contribution in [2.24, 2.45) is 10.9 Å². The molecule has 0 fully saturated rings. The lowest BCUT2D eigenvalue weighted by Gasteiger charge is -2.15. The van der Waals surface area contributed by atoms with Crippen molar-refractivity contribution in [1.29, 1.82) is 0 Å². The minimum atomic E-state index is -0.473. The van der Waals surface area contributed by atoms with Gasteiger partial charge in [-0.15, -0.1) is 0 Å². The molecule has 0 aliphatic heterocycles. The predicted molar refractivity (Wildman–Crippen MR) is 78.9 cm³/mol. The van der Waals surface area contributed by atoms with Gasteiger partial charge in [-0.2, -0.15) is 0 Å². The van der Waals surface area contributed by atoms with Gasteiger partial charge in [-0.25, -0.2) is 0 Å². The highest BCUT2D eigenvalue weighted by Crippen LogP contribution is 2.15. The van der Waals surface area contributed by atoms with Gasteiger partial charge in [0.1, 0.15) is 0 Å². The van der Waals surface area contributed by atoms with Crippen LogP contribution in [0.3, 0.4) is 0 Å². The van der Waals surface area contributed by atoms with E-state index in [1.54, 1.807) is 6.07 Å². The minimum Gasteiger partial charge on any atom is -0.409 e. The summed E-state index contributed by atoms with van der Waals surface area (Å²) >= 11 is 0. The monoisotopic (exact) mass is 271 g/mol. The van der Waals surface area contributed by atoms with E-state index in [-0.39, 0.29) is 11.7 Å². The normalized spacial score (nSPS) is 13.2. The molecule has 5 heteroatoms. The third-order valence-corrected chi connectivity index (χ3v) is 3.20. The molecular formula is C15H17N3O2. The Kier molecular flexibility index (Phi) is 4.20. The van der Waals surface area contributed by atoms with Crippen molar-refractivity contribution >= 4 is 22.5 Å². The van der Waals surface area contributed by atoms with Gasteiger partial charge < -0.3 is 16.3 Å². The van der Waals surface area contributed by atoms with E-state index in [2.05, 4.69) is 10.5 Å². The summed E-state index contributed by atoms with van der Waals surface area (Å²) in [5.41, 5.74) is 6.08. The van der Waals surface area contributed by atoms with E-state index < -0.39 is 6.04 Å². The summed E-state index contributed by atoms with van der Waals surface area (Å²) in [6.07, 6.45) is 0.551. The fourth-order valence-electron chi connectivity index (χ4n) is 2.03. The molecule has 0 saturated heterocycles. The molecule has 2 aromatic carbocycles. The number of nitrogens with two attached hydrogens (primary N) is 1. The molecule has 0 aromatic heterocycles. The number of benzene rings is 2. The van der Waals surface area contributed by atoms with Crippen LogP contribution in [0.15, 0.2) is 47.6 Å². The smallest absolute Gasteiger partial charge is 0.251 e. The average Bonchev–Trinajstić information content (AvgIpc) is 2.51. The molecule has 1 unspecified atom stereocenters. The van der Waals surface area contributed by atoms with Gasteiger partial charge in [0, 0.05) is 5.56 Å². The summed E-state index contributed by atoms with van der Waals surface area (Å²) in [6.45, 7) is 1.85. The third kappa shape index (κ3) is 2.88. The number of carbonyl (C=O) groups is 1. The fraction of sp³-hybridized carbons (Fsp3) is 0.200. The number of rotatable bonds is 4. The predicted octanol–water partition coefficient (Wildman–Crippen LogP) is 2.09. The highest BCUT2D eigenvalue weighted by atomic mass is 16.4. The summed E-state index contributed by atoms with van der Waals surface area (Å²) in [5, 5.41) is 16.4. The van der Waals surface area contributed by atoms with Crippen LogP contribution < -0.4 is 11.1 Å². The number of hydrogen-bond acceptors (Lipinski definition) is 3. The SMILES string of the molecule is CCC(NC(=O)c1ccc2ccccc2c1)/C(N)=N/O. The minimum absolute atomic E-state index is 0.00152. The van der Waals surface area contributed by atoms with Gasteiger partial charge in [0.2, 0.25) is 0 Å². The van der Waals surface area contributed by atoms with Crippen LogP contribution in [0, 0.1) is 0 Å². The van der Waals surface area contributed by atoms with Gasteiger partial charge in [0.15, 0.2) is 5.84 Å². The number of amides is 1. The van der Waals surface area contributed by atoms with Crippen LogP contribution in [0.5, 0.6) is 0 Å². The molecule has 0 heterocycles. The average molecular weight is 271 g/mol. The summed E-state index contributed by atoms with van der Waals surface area (Å²) in [5.74, 6) is -0.240. The fourth-order valence-corrected chi connectivity index (χ4v) is 2.03. The number of amidine groups is 1. The molecule has 1 atom stereocenters. The van der Waals surface area contributed by atoms with Gasteiger partial charge in [0.25, 0.3) is 5.91 Å². The van der Waals surface area contributed by atoms with Crippen molar-refractivity contribution in [2.45, 2.75) is 19.4 Å². The van der Waals surface area contributed by atoms with Gasteiger partial charge in [0.05, 0.1) is 6.04 Å². The van der Waals surface area contributed by atoms with Crippen molar-refractivity contribution < 1.29 is 10.0 Å². The molecule has 0 saturated carbocycles. The first-order chi connectivity index (χ1) is 9.65. The molecular weight excluding hydrogens is 254 g/mol. The topological polar surface area (TPSA) is 87.7 Å². The van der Waals surface area contributed by atoms with Gasteiger partial charge >= 0.3 is 0 Å².